The zero-order valence-corrected chi connectivity index (χ0v) is 23.9. The molecule has 0 fully saturated rings. The number of hydrogen-bond donors (Lipinski definition) is 1. The molecule has 5 aromatic rings. The lowest BCUT2D eigenvalue weighted by Crippen LogP contribution is -2.29. The van der Waals surface area contributed by atoms with Crippen LogP contribution in [0.3, 0.4) is 0 Å². The van der Waals surface area contributed by atoms with Gasteiger partial charge in [-0.3, -0.25) is 0 Å². The van der Waals surface area contributed by atoms with Gasteiger partial charge in [-0.25, -0.2) is 9.59 Å². The summed E-state index contributed by atoms with van der Waals surface area (Å²) in [5.74, 6) is -0.275. The highest BCUT2D eigenvalue weighted by Crippen LogP contribution is 2.33. The third-order valence-corrected chi connectivity index (χ3v) is 7.10. The van der Waals surface area contributed by atoms with Crippen LogP contribution in [-0.2, 0) is 4.74 Å². The van der Waals surface area contributed by atoms with Crippen molar-refractivity contribution in [1.82, 2.24) is 10.2 Å². The van der Waals surface area contributed by atoms with E-state index < -0.39 is 24.1 Å². The Balaban J connectivity index is 1.39. The van der Waals surface area contributed by atoms with Gasteiger partial charge in [0.25, 0.3) is 0 Å². The Hall–Kier alpha value is -5.46. The first-order chi connectivity index (χ1) is 20.8. The van der Waals surface area contributed by atoms with E-state index in [-0.39, 0.29) is 11.8 Å². The van der Waals surface area contributed by atoms with Gasteiger partial charge in [0.15, 0.2) is 0 Å². The lowest BCUT2D eigenvalue weighted by Gasteiger charge is -2.24. The van der Waals surface area contributed by atoms with Crippen molar-refractivity contribution in [3.8, 4) is 23.3 Å². The number of rotatable bonds is 9. The van der Waals surface area contributed by atoms with Gasteiger partial charge < -0.3 is 19.2 Å². The maximum Gasteiger partial charge on any atom is 0.343 e. The van der Waals surface area contributed by atoms with Crippen molar-refractivity contribution < 1.29 is 23.5 Å². The van der Waals surface area contributed by atoms with E-state index in [0.717, 1.165) is 0 Å². The summed E-state index contributed by atoms with van der Waals surface area (Å²) >= 11 is 6.40. The average Bonchev–Trinajstić information content (AvgIpc) is 3.53. The van der Waals surface area contributed by atoms with Gasteiger partial charge >= 0.3 is 11.9 Å². The molecule has 0 saturated carbocycles. The number of carbonyl (C=O) groups is 2. The molecule has 0 saturated heterocycles. The highest BCUT2D eigenvalue weighted by Gasteiger charge is 2.30. The third kappa shape index (κ3) is 6.72. The fourth-order valence-electron chi connectivity index (χ4n) is 4.24. The first-order valence-corrected chi connectivity index (χ1v) is 13.6. The monoisotopic (exact) mass is 592 g/mol. The third-order valence-electron chi connectivity index (χ3n) is 6.62. The Morgan fingerprint density at radius 3 is 2.14 bits per heavy atom. The molecule has 0 spiro atoms. The molecule has 0 aliphatic heterocycles. The number of nitriles is 1. The van der Waals surface area contributed by atoms with E-state index >= 15 is 0 Å². The maximum atomic E-state index is 12.9. The van der Waals surface area contributed by atoms with Crippen LogP contribution in [0.2, 0.25) is 5.02 Å². The second-order valence-corrected chi connectivity index (χ2v) is 9.91. The van der Waals surface area contributed by atoms with Crippen molar-refractivity contribution in [2.45, 2.75) is 26.0 Å². The summed E-state index contributed by atoms with van der Waals surface area (Å²) in [6.07, 6.45) is -0.769. The zero-order valence-electron chi connectivity index (χ0n) is 23.2. The summed E-state index contributed by atoms with van der Waals surface area (Å²) < 4.78 is 17.3. The molecule has 1 N–H and O–H groups in total. The largest absolute Gasteiger partial charge is 0.456 e. The molecule has 9 nitrogen and oxygen atoms in total. The number of aromatic nitrogens is 2. The fourth-order valence-corrected chi connectivity index (χ4v) is 4.44. The fraction of sp³-hybridized carbons (Fsp3) is 0.121. The van der Waals surface area contributed by atoms with E-state index in [1.54, 1.807) is 98.8 Å². The molecule has 43 heavy (non-hydrogen) atoms. The summed E-state index contributed by atoms with van der Waals surface area (Å²) in [6.45, 7) is 3.48. The number of nitrogens with one attached hydrogen (secondary N) is 1. The lowest BCUT2D eigenvalue weighted by atomic mass is 10.1. The van der Waals surface area contributed by atoms with E-state index in [1.165, 1.54) is 0 Å². The molecule has 0 radical (unpaired) electrons. The van der Waals surface area contributed by atoms with Crippen LogP contribution < -0.4 is 10.1 Å². The number of hydrogen-bond acceptors (Lipinski definition) is 9. The standard InChI is InChI=1S/C33H25ClN4O5/c1-20-27(18-15-25(19-35)28(20)34)36-29(21(2)41-32(39)23-9-5-3-6-10-23)31-38-37-30(43-31)22-13-16-26(17-14-22)42-33(40)24-11-7-4-8-12-24/h3-18,21,29,36H,1-2H3. The summed E-state index contributed by atoms with van der Waals surface area (Å²) in [7, 11) is 0. The molecule has 1 heterocycles. The summed E-state index contributed by atoms with van der Waals surface area (Å²) in [4.78, 5) is 25.2. The topological polar surface area (TPSA) is 127 Å². The van der Waals surface area contributed by atoms with Crippen molar-refractivity contribution >= 4 is 29.2 Å². The van der Waals surface area contributed by atoms with Crippen LogP contribution in [0.25, 0.3) is 11.5 Å². The molecule has 0 aliphatic rings. The minimum atomic E-state index is -0.775. The maximum absolute atomic E-state index is 12.9. The molecule has 0 bridgehead atoms. The molecule has 0 amide bonds. The van der Waals surface area contributed by atoms with E-state index in [1.807, 2.05) is 12.1 Å². The number of ether oxygens (including phenoxy) is 2. The van der Waals surface area contributed by atoms with Gasteiger partial charge in [-0.2, -0.15) is 5.26 Å². The minimum absolute atomic E-state index is 0.155. The van der Waals surface area contributed by atoms with Crippen molar-refractivity contribution in [2.24, 2.45) is 0 Å². The van der Waals surface area contributed by atoms with Gasteiger partial charge in [-0.05, 0) is 80.1 Å². The quantitative estimate of drug-likeness (QED) is 0.140. The summed E-state index contributed by atoms with van der Waals surface area (Å²) in [5, 5.41) is 21.4. The van der Waals surface area contributed by atoms with Gasteiger partial charge in [0.1, 0.15) is 24.0 Å². The average molecular weight is 593 g/mol. The molecular formula is C33H25ClN4O5. The van der Waals surface area contributed by atoms with E-state index in [0.29, 0.717) is 44.3 Å². The van der Waals surface area contributed by atoms with Crippen LogP contribution in [-0.4, -0.2) is 28.2 Å². The van der Waals surface area contributed by atoms with Crippen LogP contribution in [0.5, 0.6) is 5.75 Å². The number of carbonyl (C=O) groups excluding carboxylic acids is 2. The highest BCUT2D eigenvalue weighted by molar-refractivity contribution is 6.32. The Morgan fingerprint density at radius 1 is 0.884 bits per heavy atom. The van der Waals surface area contributed by atoms with Gasteiger partial charge in [0.05, 0.1) is 21.7 Å². The van der Waals surface area contributed by atoms with Crippen molar-refractivity contribution in [3.63, 3.8) is 0 Å². The molecule has 0 aliphatic carbocycles. The first-order valence-electron chi connectivity index (χ1n) is 13.3. The predicted molar refractivity (Wildman–Crippen MR) is 160 cm³/mol. The first kappa shape index (κ1) is 29.0. The van der Waals surface area contributed by atoms with Crippen molar-refractivity contribution in [3.05, 3.63) is 130 Å². The van der Waals surface area contributed by atoms with Crippen LogP contribution in [0.15, 0.2) is 101 Å². The molecule has 2 unspecified atom stereocenters. The number of anilines is 1. The second-order valence-electron chi connectivity index (χ2n) is 9.54. The van der Waals surface area contributed by atoms with Gasteiger partial charge in [-0.1, -0.05) is 48.0 Å². The molecule has 1 aromatic heterocycles. The Morgan fingerprint density at radius 2 is 1.51 bits per heavy atom. The van der Waals surface area contributed by atoms with Crippen LogP contribution in [0, 0.1) is 18.3 Å². The second kappa shape index (κ2) is 13.0. The zero-order chi connectivity index (χ0) is 30.3. The predicted octanol–water partition coefficient (Wildman–Crippen LogP) is 7.19. The van der Waals surface area contributed by atoms with Crippen molar-refractivity contribution in [2.75, 3.05) is 5.32 Å². The summed E-state index contributed by atoms with van der Waals surface area (Å²) in [6, 6.07) is 28.5. The Kier molecular flexibility index (Phi) is 8.79. The highest BCUT2D eigenvalue weighted by atomic mass is 35.5. The minimum Gasteiger partial charge on any atom is -0.456 e. The van der Waals surface area contributed by atoms with E-state index in [4.69, 9.17) is 25.5 Å². The molecule has 2 atom stereocenters. The van der Waals surface area contributed by atoms with Gasteiger partial charge in [0.2, 0.25) is 11.8 Å². The van der Waals surface area contributed by atoms with Gasteiger partial charge in [-0.15, -0.1) is 10.2 Å². The smallest absolute Gasteiger partial charge is 0.343 e. The van der Waals surface area contributed by atoms with Crippen molar-refractivity contribution in [1.29, 1.82) is 5.26 Å². The normalized spacial score (nSPS) is 12.0. The number of halogens is 1. The molecular weight excluding hydrogens is 568 g/mol. The molecule has 10 heteroatoms. The number of benzene rings is 4. The van der Waals surface area contributed by atoms with Gasteiger partial charge in [0, 0.05) is 11.3 Å². The van der Waals surface area contributed by atoms with Crippen LogP contribution in [0.4, 0.5) is 5.69 Å². The SMILES string of the molecule is Cc1c(NC(c2nnc(-c3ccc(OC(=O)c4ccccc4)cc3)o2)C(C)OC(=O)c2ccccc2)ccc(C#N)c1Cl. The lowest BCUT2D eigenvalue weighted by molar-refractivity contribution is 0.0282. The number of nitrogens with zero attached hydrogens (tertiary/aromatic N) is 3. The van der Waals surface area contributed by atoms with E-state index in [9.17, 15) is 14.9 Å². The van der Waals surface area contributed by atoms with E-state index in [2.05, 4.69) is 21.6 Å². The van der Waals surface area contributed by atoms with Crippen LogP contribution >= 0.6 is 11.6 Å². The molecule has 5 rings (SSSR count). The summed E-state index contributed by atoms with van der Waals surface area (Å²) in [5.41, 5.74) is 2.98. The Bertz CT molecular complexity index is 1780. The number of esters is 2. The van der Waals surface area contributed by atoms with Crippen LogP contribution in [0.1, 0.15) is 50.7 Å². The Labute approximate surface area is 252 Å². The molecule has 214 valence electrons. The molecule has 4 aromatic carbocycles.